The predicted molar refractivity (Wildman–Crippen MR) is 55.9 cm³/mol. The molecule has 0 aromatic carbocycles. The van der Waals surface area contributed by atoms with Crippen LogP contribution in [0.2, 0.25) is 0 Å². The summed E-state index contributed by atoms with van der Waals surface area (Å²) in [7, 11) is 4.47. The second-order valence-electron chi connectivity index (χ2n) is 3.48. The van der Waals surface area contributed by atoms with Crippen molar-refractivity contribution in [2.45, 2.75) is 0 Å². The van der Waals surface area contributed by atoms with Crippen molar-refractivity contribution in [3.05, 3.63) is 26.7 Å². The molecule has 2 heterocycles. The van der Waals surface area contributed by atoms with Gasteiger partial charge in [-0.2, -0.15) is 5.26 Å². The van der Waals surface area contributed by atoms with Crippen molar-refractivity contribution in [1.82, 2.24) is 18.7 Å². The van der Waals surface area contributed by atoms with E-state index < -0.39 is 11.2 Å². The fourth-order valence-electron chi connectivity index (χ4n) is 1.62. The van der Waals surface area contributed by atoms with Crippen molar-refractivity contribution in [3.63, 3.8) is 0 Å². The Hall–Kier alpha value is -2.36. The highest BCUT2D eigenvalue weighted by Gasteiger charge is 2.16. The summed E-state index contributed by atoms with van der Waals surface area (Å²) in [6, 6.07) is 1.87. The van der Waals surface area contributed by atoms with Crippen LogP contribution >= 0.6 is 0 Å². The molecule has 0 radical (unpaired) electrons. The molecule has 0 fully saturated rings. The van der Waals surface area contributed by atoms with Crippen molar-refractivity contribution in [2.75, 3.05) is 0 Å². The summed E-state index contributed by atoms with van der Waals surface area (Å²) in [5.41, 5.74) is -0.428. The van der Waals surface area contributed by atoms with Gasteiger partial charge in [0.25, 0.3) is 5.56 Å². The molecule has 0 spiro atoms. The van der Waals surface area contributed by atoms with Gasteiger partial charge in [0, 0.05) is 21.1 Å². The van der Waals surface area contributed by atoms with E-state index >= 15 is 0 Å². The smallest absolute Gasteiger partial charge is 0.313 e. The second kappa shape index (κ2) is 3.06. The number of hydrogen-bond donors (Lipinski definition) is 0. The minimum Gasteiger partial charge on any atom is -0.313 e. The van der Waals surface area contributed by atoms with E-state index in [0.717, 1.165) is 4.57 Å². The van der Waals surface area contributed by atoms with E-state index in [9.17, 15) is 9.59 Å². The SMILES string of the molecule is Cn1c(=O)c2c(nc(C#N)n2C)n(C)c1=O. The summed E-state index contributed by atoms with van der Waals surface area (Å²) in [6.07, 6.45) is 0. The van der Waals surface area contributed by atoms with Gasteiger partial charge in [-0.25, -0.2) is 9.78 Å². The first-order valence-corrected chi connectivity index (χ1v) is 4.51. The molecule has 0 aliphatic rings. The molecule has 0 saturated heterocycles. The third-order valence-corrected chi connectivity index (χ3v) is 2.58. The van der Waals surface area contributed by atoms with Crippen molar-refractivity contribution < 1.29 is 0 Å². The second-order valence-corrected chi connectivity index (χ2v) is 3.48. The van der Waals surface area contributed by atoms with Gasteiger partial charge in [-0.1, -0.05) is 0 Å². The number of aryl methyl sites for hydroxylation is 2. The maximum atomic E-state index is 11.8. The Morgan fingerprint density at radius 2 is 1.75 bits per heavy atom. The summed E-state index contributed by atoms with van der Waals surface area (Å²) in [4.78, 5) is 27.4. The highest BCUT2D eigenvalue weighted by Crippen LogP contribution is 2.07. The van der Waals surface area contributed by atoms with Gasteiger partial charge in [-0.05, 0) is 0 Å². The summed E-state index contributed by atoms with van der Waals surface area (Å²) >= 11 is 0. The Balaban J connectivity index is 3.21. The fourth-order valence-corrected chi connectivity index (χ4v) is 1.62. The fraction of sp³-hybridized carbons (Fsp3) is 0.333. The first kappa shape index (κ1) is 10.2. The lowest BCUT2D eigenvalue weighted by Gasteiger charge is -2.02. The van der Waals surface area contributed by atoms with Crippen LogP contribution in [0.15, 0.2) is 9.59 Å². The molecule has 0 aliphatic carbocycles. The van der Waals surface area contributed by atoms with Gasteiger partial charge in [0.1, 0.15) is 6.07 Å². The number of imidazole rings is 1. The molecule has 7 nitrogen and oxygen atoms in total. The largest absolute Gasteiger partial charge is 0.332 e. The maximum Gasteiger partial charge on any atom is 0.332 e. The predicted octanol–water partition coefficient (Wildman–Crippen LogP) is -1.16. The zero-order valence-electron chi connectivity index (χ0n) is 9.05. The van der Waals surface area contributed by atoms with Crippen LogP contribution in [0, 0.1) is 11.3 Å². The van der Waals surface area contributed by atoms with Crippen LogP contribution in [-0.2, 0) is 21.1 Å². The molecular weight excluding hydrogens is 210 g/mol. The molecule has 2 aromatic heterocycles. The molecule has 0 aliphatic heterocycles. The van der Waals surface area contributed by atoms with E-state index in [4.69, 9.17) is 5.26 Å². The average molecular weight is 219 g/mol. The van der Waals surface area contributed by atoms with Gasteiger partial charge in [0.2, 0.25) is 5.82 Å². The lowest BCUT2D eigenvalue weighted by Crippen LogP contribution is -2.37. The molecule has 0 amide bonds. The van der Waals surface area contributed by atoms with Gasteiger partial charge in [0.05, 0.1) is 0 Å². The molecule has 0 saturated carbocycles. The standard InChI is InChI=1S/C9H9N5O2/c1-12-5(4-10)11-7-6(12)8(15)14(3)9(16)13(7)2/h1-3H3. The Morgan fingerprint density at radius 3 is 2.31 bits per heavy atom. The third-order valence-electron chi connectivity index (χ3n) is 2.58. The lowest BCUT2D eigenvalue weighted by atomic mass is 10.5. The van der Waals surface area contributed by atoms with Crippen LogP contribution in [0.5, 0.6) is 0 Å². The zero-order valence-corrected chi connectivity index (χ0v) is 9.05. The van der Waals surface area contributed by atoms with Crippen molar-refractivity contribution in [1.29, 1.82) is 5.26 Å². The average Bonchev–Trinajstić information content (AvgIpc) is 2.61. The zero-order chi connectivity index (χ0) is 12.0. The van der Waals surface area contributed by atoms with Crippen LogP contribution < -0.4 is 11.2 Å². The minimum atomic E-state index is -0.458. The molecule has 82 valence electrons. The summed E-state index contributed by atoms with van der Waals surface area (Å²) < 4.78 is 3.62. The minimum absolute atomic E-state index is 0.105. The number of aromatic nitrogens is 4. The van der Waals surface area contributed by atoms with Crippen molar-refractivity contribution in [3.8, 4) is 6.07 Å². The van der Waals surface area contributed by atoms with Crippen LogP contribution in [0.3, 0.4) is 0 Å². The molecule has 0 bridgehead atoms. The van der Waals surface area contributed by atoms with Gasteiger partial charge in [-0.3, -0.25) is 13.9 Å². The Labute approximate surface area is 89.8 Å². The number of rotatable bonds is 0. The molecule has 0 atom stereocenters. The number of hydrogen-bond acceptors (Lipinski definition) is 4. The summed E-state index contributed by atoms with van der Waals surface area (Å²) in [5.74, 6) is 0.105. The van der Waals surface area contributed by atoms with Crippen LogP contribution in [0.25, 0.3) is 11.2 Å². The Bertz CT molecular complexity index is 740. The maximum absolute atomic E-state index is 11.8. The summed E-state index contributed by atoms with van der Waals surface area (Å²) in [6.45, 7) is 0. The highest BCUT2D eigenvalue weighted by atomic mass is 16.2. The molecule has 7 heteroatoms. The number of nitriles is 1. The van der Waals surface area contributed by atoms with Gasteiger partial charge >= 0.3 is 5.69 Å². The number of nitrogens with zero attached hydrogens (tertiary/aromatic N) is 5. The van der Waals surface area contributed by atoms with E-state index in [1.165, 1.54) is 23.2 Å². The van der Waals surface area contributed by atoms with Gasteiger partial charge in [0.15, 0.2) is 11.2 Å². The summed E-state index contributed by atoms with van der Waals surface area (Å²) in [5, 5.41) is 8.81. The van der Waals surface area contributed by atoms with Crippen LogP contribution in [0.1, 0.15) is 5.82 Å². The quantitative estimate of drug-likeness (QED) is 0.559. The molecule has 2 rings (SSSR count). The topological polar surface area (TPSA) is 85.6 Å². The van der Waals surface area contributed by atoms with Gasteiger partial charge in [-0.15, -0.1) is 0 Å². The Morgan fingerprint density at radius 1 is 1.12 bits per heavy atom. The van der Waals surface area contributed by atoms with E-state index in [-0.39, 0.29) is 17.0 Å². The van der Waals surface area contributed by atoms with Gasteiger partial charge < -0.3 is 4.57 Å². The van der Waals surface area contributed by atoms with Crippen molar-refractivity contribution >= 4 is 11.2 Å². The van der Waals surface area contributed by atoms with E-state index in [0.29, 0.717) is 0 Å². The molecule has 2 aromatic rings. The highest BCUT2D eigenvalue weighted by molar-refractivity contribution is 5.71. The van der Waals surface area contributed by atoms with E-state index in [1.807, 2.05) is 6.07 Å². The molecule has 0 unspecified atom stereocenters. The lowest BCUT2D eigenvalue weighted by molar-refractivity contribution is 0.705. The van der Waals surface area contributed by atoms with E-state index in [2.05, 4.69) is 4.98 Å². The van der Waals surface area contributed by atoms with Crippen molar-refractivity contribution in [2.24, 2.45) is 21.1 Å². The van der Waals surface area contributed by atoms with Crippen LogP contribution in [0.4, 0.5) is 0 Å². The Kier molecular flexibility index (Phi) is 1.95. The van der Waals surface area contributed by atoms with Crippen LogP contribution in [-0.4, -0.2) is 18.7 Å². The normalized spacial score (nSPS) is 10.6. The van der Waals surface area contributed by atoms with E-state index in [1.54, 1.807) is 7.05 Å². The molecule has 16 heavy (non-hydrogen) atoms. The molecule has 0 N–H and O–H groups in total. The monoisotopic (exact) mass is 219 g/mol. The first-order valence-electron chi connectivity index (χ1n) is 4.51. The number of fused-ring (bicyclic) bond motifs is 1. The molecular formula is C9H9N5O2. The first-order chi connectivity index (χ1) is 7.49. The third kappa shape index (κ3) is 1.04.